The van der Waals surface area contributed by atoms with Crippen molar-refractivity contribution in [3.8, 4) is 0 Å². The van der Waals surface area contributed by atoms with Gasteiger partial charge in [-0.05, 0) is 0 Å². The third-order valence-electron chi connectivity index (χ3n) is 2.88. The van der Waals surface area contributed by atoms with Crippen LogP contribution in [0.15, 0.2) is 0 Å². The second-order valence-electron chi connectivity index (χ2n) is 6.26. The first-order valence-corrected chi connectivity index (χ1v) is 6.12. The average Bonchev–Trinajstić information content (AvgIpc) is 2.26. The highest BCUT2D eigenvalue weighted by Crippen LogP contribution is 2.19. The molecule has 0 aliphatic carbocycles. The number of amides is 1. The summed E-state index contributed by atoms with van der Waals surface area (Å²) in [6, 6.07) is 0. The van der Waals surface area contributed by atoms with E-state index in [1.807, 2.05) is 20.8 Å². The molecule has 0 fully saturated rings. The maximum absolute atomic E-state index is 11.6. The molecule has 1 atom stereocenters. The Bertz CT molecular complexity index is 305. The molecule has 0 heterocycles. The molecule has 0 aliphatic heterocycles. The van der Waals surface area contributed by atoms with E-state index in [1.165, 1.54) is 0 Å². The van der Waals surface area contributed by atoms with Gasteiger partial charge >= 0.3 is 0 Å². The van der Waals surface area contributed by atoms with E-state index in [0.29, 0.717) is 0 Å². The molecule has 5 heteroatoms. The Hall–Kier alpha value is -0.940. The number of Topliss-reactive ketones (excluding diaryl/α,β-unsaturated/α-hetero) is 1. The molecule has 1 amide bonds. The molecule has 0 radical (unpaired) electrons. The molecular formula is C13H25NO4. The molecule has 0 unspecified atom stereocenters. The third kappa shape index (κ3) is 5.14. The van der Waals surface area contributed by atoms with Crippen molar-refractivity contribution >= 4 is 11.7 Å². The Labute approximate surface area is 109 Å². The number of aliphatic hydroxyl groups excluding tert-OH is 2. The Kier molecular flexibility index (Phi) is 5.96. The van der Waals surface area contributed by atoms with Crippen molar-refractivity contribution in [3.63, 3.8) is 0 Å². The van der Waals surface area contributed by atoms with Gasteiger partial charge in [0.05, 0.1) is 6.61 Å². The van der Waals surface area contributed by atoms with Crippen molar-refractivity contribution in [1.82, 2.24) is 5.32 Å². The van der Waals surface area contributed by atoms with Crippen LogP contribution < -0.4 is 5.32 Å². The summed E-state index contributed by atoms with van der Waals surface area (Å²) < 4.78 is 0. The Morgan fingerprint density at radius 1 is 1.17 bits per heavy atom. The predicted octanol–water partition coefficient (Wildman–Crippen LogP) is 0.487. The Morgan fingerprint density at radius 2 is 1.67 bits per heavy atom. The van der Waals surface area contributed by atoms with Gasteiger partial charge in [0.1, 0.15) is 11.9 Å². The zero-order chi connectivity index (χ0) is 14.6. The lowest BCUT2D eigenvalue weighted by Crippen LogP contribution is -2.46. The highest BCUT2D eigenvalue weighted by molar-refractivity contribution is 5.85. The van der Waals surface area contributed by atoms with E-state index in [0.717, 1.165) is 0 Å². The van der Waals surface area contributed by atoms with Crippen LogP contribution in [0.1, 0.15) is 41.0 Å². The number of hydrogen-bond acceptors (Lipinski definition) is 4. The quantitative estimate of drug-likeness (QED) is 0.648. The van der Waals surface area contributed by atoms with Crippen LogP contribution >= 0.6 is 0 Å². The van der Waals surface area contributed by atoms with Crippen LogP contribution in [0.25, 0.3) is 0 Å². The van der Waals surface area contributed by atoms with Crippen molar-refractivity contribution in [1.29, 1.82) is 0 Å². The summed E-state index contributed by atoms with van der Waals surface area (Å²) in [7, 11) is 0. The lowest BCUT2D eigenvalue weighted by atomic mass is 9.87. The van der Waals surface area contributed by atoms with E-state index in [-0.39, 0.29) is 25.4 Å². The number of carbonyl (C=O) groups excluding carboxylic acids is 2. The maximum Gasteiger partial charge on any atom is 0.249 e. The zero-order valence-electron chi connectivity index (χ0n) is 11.9. The molecule has 0 aliphatic rings. The fraction of sp³-hybridized carbons (Fsp3) is 0.846. The van der Waals surface area contributed by atoms with E-state index in [1.54, 1.807) is 13.8 Å². The van der Waals surface area contributed by atoms with Gasteiger partial charge in [0.2, 0.25) is 5.91 Å². The predicted molar refractivity (Wildman–Crippen MR) is 69.0 cm³/mol. The third-order valence-corrected chi connectivity index (χ3v) is 2.88. The van der Waals surface area contributed by atoms with Crippen LogP contribution in [0, 0.1) is 10.8 Å². The fourth-order valence-electron chi connectivity index (χ4n) is 1.21. The van der Waals surface area contributed by atoms with Gasteiger partial charge in [-0.2, -0.15) is 0 Å². The molecule has 0 aromatic heterocycles. The lowest BCUT2D eigenvalue weighted by molar-refractivity contribution is -0.137. The summed E-state index contributed by atoms with van der Waals surface area (Å²) in [6.07, 6.45) is -1.05. The number of nitrogens with one attached hydrogen (secondary N) is 1. The second-order valence-corrected chi connectivity index (χ2v) is 6.26. The summed E-state index contributed by atoms with van der Waals surface area (Å²) in [5.74, 6) is -0.505. The van der Waals surface area contributed by atoms with Crippen LogP contribution in [0.5, 0.6) is 0 Å². The molecule has 0 aromatic carbocycles. The van der Waals surface area contributed by atoms with E-state index in [9.17, 15) is 14.7 Å². The SMILES string of the molecule is CC(C)(C)C(=O)CCNC(=O)[C@H](O)C(C)(C)CO. The fourth-order valence-corrected chi connectivity index (χ4v) is 1.21. The van der Waals surface area contributed by atoms with Crippen LogP contribution in [0.3, 0.4) is 0 Å². The largest absolute Gasteiger partial charge is 0.396 e. The monoisotopic (exact) mass is 259 g/mol. The summed E-state index contributed by atoms with van der Waals surface area (Å²) >= 11 is 0. The average molecular weight is 259 g/mol. The first-order chi connectivity index (χ1) is 8.02. The number of hydrogen-bond donors (Lipinski definition) is 3. The standard InChI is InChI=1S/C13H25NO4/c1-12(2,3)9(16)6-7-14-11(18)10(17)13(4,5)8-15/h10,15,17H,6-8H2,1-5H3,(H,14,18)/t10-/m0/s1. The van der Waals surface area contributed by atoms with Crippen molar-refractivity contribution in [2.75, 3.05) is 13.2 Å². The van der Waals surface area contributed by atoms with E-state index >= 15 is 0 Å². The molecule has 0 aromatic rings. The molecular weight excluding hydrogens is 234 g/mol. The second kappa shape index (κ2) is 6.29. The Balaban J connectivity index is 4.17. The van der Waals surface area contributed by atoms with Crippen LogP contribution in [-0.4, -0.2) is 41.2 Å². The van der Waals surface area contributed by atoms with Crippen molar-refractivity contribution in [2.45, 2.75) is 47.1 Å². The lowest BCUT2D eigenvalue weighted by Gasteiger charge is -2.27. The molecule has 0 bridgehead atoms. The number of aliphatic hydroxyl groups is 2. The van der Waals surface area contributed by atoms with E-state index < -0.39 is 22.8 Å². The van der Waals surface area contributed by atoms with Crippen LogP contribution in [0.4, 0.5) is 0 Å². The minimum Gasteiger partial charge on any atom is -0.396 e. The van der Waals surface area contributed by atoms with Gasteiger partial charge in [-0.1, -0.05) is 34.6 Å². The topological polar surface area (TPSA) is 86.6 Å². The summed E-state index contributed by atoms with van der Waals surface area (Å²) in [5, 5.41) is 21.3. The van der Waals surface area contributed by atoms with Crippen molar-refractivity contribution in [2.24, 2.45) is 10.8 Å². The van der Waals surface area contributed by atoms with Crippen LogP contribution in [-0.2, 0) is 9.59 Å². The van der Waals surface area contributed by atoms with Gasteiger partial charge in [0.15, 0.2) is 0 Å². The highest BCUT2D eigenvalue weighted by Gasteiger charge is 2.32. The van der Waals surface area contributed by atoms with Crippen molar-refractivity contribution < 1.29 is 19.8 Å². The molecule has 0 saturated carbocycles. The van der Waals surface area contributed by atoms with E-state index in [4.69, 9.17) is 5.11 Å². The van der Waals surface area contributed by atoms with Gasteiger partial charge < -0.3 is 15.5 Å². The minimum atomic E-state index is -1.28. The normalized spacial score (nSPS) is 14.2. The van der Waals surface area contributed by atoms with Crippen LogP contribution in [0.2, 0.25) is 0 Å². The van der Waals surface area contributed by atoms with Gasteiger partial charge in [-0.15, -0.1) is 0 Å². The first-order valence-electron chi connectivity index (χ1n) is 6.12. The minimum absolute atomic E-state index is 0.0544. The van der Waals surface area contributed by atoms with Crippen molar-refractivity contribution in [3.05, 3.63) is 0 Å². The van der Waals surface area contributed by atoms with E-state index in [2.05, 4.69) is 5.32 Å². The Morgan fingerprint density at radius 3 is 2.06 bits per heavy atom. The molecule has 18 heavy (non-hydrogen) atoms. The molecule has 5 nitrogen and oxygen atoms in total. The summed E-state index contributed by atoms with van der Waals surface area (Å²) in [6.45, 7) is 8.56. The highest BCUT2D eigenvalue weighted by atomic mass is 16.3. The number of ketones is 1. The number of rotatable bonds is 6. The van der Waals surface area contributed by atoms with Gasteiger partial charge in [-0.3, -0.25) is 9.59 Å². The molecule has 0 saturated heterocycles. The molecule has 3 N–H and O–H groups in total. The maximum atomic E-state index is 11.6. The molecule has 0 spiro atoms. The zero-order valence-corrected chi connectivity index (χ0v) is 11.9. The summed E-state index contributed by atoms with van der Waals surface area (Å²) in [4.78, 5) is 23.2. The smallest absolute Gasteiger partial charge is 0.249 e. The molecule has 106 valence electrons. The number of carbonyl (C=O) groups is 2. The van der Waals surface area contributed by atoms with Gasteiger partial charge in [0.25, 0.3) is 0 Å². The summed E-state index contributed by atoms with van der Waals surface area (Å²) in [5.41, 5.74) is -1.31. The van der Waals surface area contributed by atoms with Gasteiger partial charge in [-0.25, -0.2) is 0 Å². The molecule has 0 rings (SSSR count). The van der Waals surface area contributed by atoms with Gasteiger partial charge in [0, 0.05) is 23.8 Å². The first kappa shape index (κ1) is 17.1.